The number of hydrogen-bond donors (Lipinski definition) is 1. The fourth-order valence-corrected chi connectivity index (χ4v) is 2.93. The van der Waals surface area contributed by atoms with E-state index in [0.29, 0.717) is 11.9 Å². The van der Waals surface area contributed by atoms with Gasteiger partial charge in [0.2, 0.25) is 5.89 Å². The molecule has 0 fully saturated rings. The van der Waals surface area contributed by atoms with Gasteiger partial charge in [-0.2, -0.15) is 0 Å². The third-order valence-corrected chi connectivity index (χ3v) is 4.32. The van der Waals surface area contributed by atoms with Gasteiger partial charge in [-0.05, 0) is 60.0 Å². The summed E-state index contributed by atoms with van der Waals surface area (Å²) in [5, 5.41) is 11.3. The number of methoxy groups -OCH3 is 1. The van der Waals surface area contributed by atoms with E-state index in [4.69, 9.17) is 9.15 Å². The summed E-state index contributed by atoms with van der Waals surface area (Å²) in [5.74, 6) is 1.27. The van der Waals surface area contributed by atoms with Crippen molar-refractivity contribution >= 4 is 11.7 Å². The number of aryl methyl sites for hydroxylation is 1. The lowest BCUT2D eigenvalue weighted by Crippen LogP contribution is -1.90. The van der Waals surface area contributed by atoms with Gasteiger partial charge < -0.3 is 14.5 Å². The van der Waals surface area contributed by atoms with Crippen LogP contribution >= 0.6 is 0 Å². The summed E-state index contributed by atoms with van der Waals surface area (Å²) >= 11 is 0. The van der Waals surface area contributed by atoms with Crippen molar-refractivity contribution in [3.63, 3.8) is 0 Å². The monoisotopic (exact) mass is 357 g/mol. The molecule has 0 atom stereocenters. The summed E-state index contributed by atoms with van der Waals surface area (Å²) in [6.45, 7) is 2.08. The molecule has 0 unspecified atom stereocenters. The Hall–Kier alpha value is -3.60. The van der Waals surface area contributed by atoms with E-state index in [-0.39, 0.29) is 0 Å². The van der Waals surface area contributed by atoms with Crippen LogP contribution in [0.15, 0.2) is 77.2 Å². The maximum absolute atomic E-state index is 5.77. The molecule has 4 aromatic rings. The highest BCUT2D eigenvalue weighted by molar-refractivity contribution is 5.71. The van der Waals surface area contributed by atoms with Crippen molar-refractivity contribution in [2.24, 2.45) is 0 Å². The van der Waals surface area contributed by atoms with Crippen molar-refractivity contribution < 1.29 is 9.15 Å². The molecule has 5 heteroatoms. The zero-order chi connectivity index (χ0) is 18.6. The molecular formula is C22H19N3O2. The highest BCUT2D eigenvalue weighted by Crippen LogP contribution is 2.29. The summed E-state index contributed by atoms with van der Waals surface area (Å²) < 4.78 is 10.9. The predicted molar refractivity (Wildman–Crippen MR) is 106 cm³/mol. The molecule has 27 heavy (non-hydrogen) atoms. The minimum absolute atomic E-state index is 0.347. The molecule has 0 saturated heterocycles. The predicted octanol–water partition coefficient (Wildman–Crippen LogP) is 5.46. The van der Waals surface area contributed by atoms with E-state index in [1.807, 2.05) is 48.5 Å². The molecule has 0 spiro atoms. The van der Waals surface area contributed by atoms with Crippen LogP contribution in [0.2, 0.25) is 0 Å². The molecule has 5 nitrogen and oxygen atoms in total. The van der Waals surface area contributed by atoms with Crippen LogP contribution in [-0.4, -0.2) is 17.3 Å². The molecule has 0 aliphatic rings. The van der Waals surface area contributed by atoms with Gasteiger partial charge in [-0.1, -0.05) is 41.5 Å². The maximum Gasteiger partial charge on any atom is 0.320 e. The summed E-state index contributed by atoms with van der Waals surface area (Å²) in [5.41, 5.74) is 5.27. The first-order chi connectivity index (χ1) is 13.2. The molecule has 0 aliphatic carbocycles. The van der Waals surface area contributed by atoms with Gasteiger partial charge in [-0.15, -0.1) is 5.10 Å². The van der Waals surface area contributed by atoms with Gasteiger partial charge in [0.05, 0.1) is 7.11 Å². The Bertz CT molecular complexity index is 1040. The lowest BCUT2D eigenvalue weighted by Gasteiger charge is -2.07. The Labute approximate surface area is 157 Å². The molecular weight excluding hydrogens is 338 g/mol. The Morgan fingerprint density at radius 1 is 0.852 bits per heavy atom. The number of nitrogens with zero attached hydrogens (tertiary/aromatic N) is 2. The third kappa shape index (κ3) is 3.67. The largest absolute Gasteiger partial charge is 0.497 e. The molecule has 0 amide bonds. The Kier molecular flexibility index (Phi) is 4.58. The van der Waals surface area contributed by atoms with Crippen LogP contribution in [0.25, 0.3) is 22.6 Å². The Balaban J connectivity index is 1.55. The molecule has 0 aliphatic heterocycles. The molecule has 0 radical (unpaired) electrons. The van der Waals surface area contributed by atoms with Crippen LogP contribution in [0.5, 0.6) is 5.75 Å². The second-order valence-corrected chi connectivity index (χ2v) is 6.16. The molecule has 4 rings (SSSR count). The highest BCUT2D eigenvalue weighted by Gasteiger charge is 2.11. The number of ether oxygens (including phenoxy) is 1. The lowest BCUT2D eigenvalue weighted by atomic mass is 9.98. The second-order valence-electron chi connectivity index (χ2n) is 6.16. The third-order valence-electron chi connectivity index (χ3n) is 4.32. The highest BCUT2D eigenvalue weighted by atomic mass is 16.5. The van der Waals surface area contributed by atoms with Gasteiger partial charge in [0.25, 0.3) is 0 Å². The molecule has 134 valence electrons. The Morgan fingerprint density at radius 2 is 1.63 bits per heavy atom. The number of anilines is 2. The number of aromatic nitrogens is 2. The van der Waals surface area contributed by atoms with Gasteiger partial charge in [-0.3, -0.25) is 0 Å². The fraction of sp³-hybridized carbons (Fsp3) is 0.0909. The van der Waals surface area contributed by atoms with E-state index in [2.05, 4.69) is 46.7 Å². The Morgan fingerprint density at radius 3 is 2.33 bits per heavy atom. The van der Waals surface area contributed by atoms with E-state index in [9.17, 15) is 0 Å². The molecule has 1 aromatic heterocycles. The maximum atomic E-state index is 5.77. The summed E-state index contributed by atoms with van der Waals surface area (Å²) in [4.78, 5) is 0. The molecule has 1 heterocycles. The van der Waals surface area contributed by atoms with Crippen molar-refractivity contribution in [1.82, 2.24) is 10.2 Å². The topological polar surface area (TPSA) is 60.2 Å². The van der Waals surface area contributed by atoms with Crippen molar-refractivity contribution in [3.05, 3.63) is 78.4 Å². The SMILES string of the molecule is COc1ccc(Nc2nnc(-c3ccc(-c4ccccc4)c(C)c3)o2)cc1. The van der Waals surface area contributed by atoms with Gasteiger partial charge in [0.1, 0.15) is 5.75 Å². The summed E-state index contributed by atoms with van der Waals surface area (Å²) in [7, 11) is 1.64. The zero-order valence-corrected chi connectivity index (χ0v) is 15.1. The van der Waals surface area contributed by atoms with E-state index in [1.165, 1.54) is 11.1 Å². The van der Waals surface area contributed by atoms with Gasteiger partial charge in [-0.25, -0.2) is 0 Å². The number of nitrogens with one attached hydrogen (secondary N) is 1. The van der Waals surface area contributed by atoms with Gasteiger partial charge in [0.15, 0.2) is 0 Å². The van der Waals surface area contributed by atoms with Crippen LogP contribution in [0, 0.1) is 6.92 Å². The number of hydrogen-bond acceptors (Lipinski definition) is 5. The van der Waals surface area contributed by atoms with E-state index in [0.717, 1.165) is 22.6 Å². The lowest BCUT2D eigenvalue weighted by molar-refractivity contribution is 0.415. The van der Waals surface area contributed by atoms with Crippen LogP contribution in [0.4, 0.5) is 11.7 Å². The van der Waals surface area contributed by atoms with E-state index < -0.39 is 0 Å². The first-order valence-corrected chi connectivity index (χ1v) is 8.64. The smallest absolute Gasteiger partial charge is 0.320 e. The number of benzene rings is 3. The molecule has 3 aromatic carbocycles. The number of rotatable bonds is 5. The summed E-state index contributed by atoms with van der Waals surface area (Å²) in [6.07, 6.45) is 0. The molecule has 0 saturated carbocycles. The normalized spacial score (nSPS) is 10.6. The van der Waals surface area contributed by atoms with Crippen LogP contribution in [0.3, 0.4) is 0 Å². The standard InChI is InChI=1S/C22H19N3O2/c1-15-14-17(8-13-20(15)16-6-4-3-5-7-16)21-24-25-22(27-21)23-18-9-11-19(26-2)12-10-18/h3-14H,1-2H3,(H,23,25). The average molecular weight is 357 g/mol. The first kappa shape index (κ1) is 16.8. The van der Waals surface area contributed by atoms with Gasteiger partial charge >= 0.3 is 6.01 Å². The minimum Gasteiger partial charge on any atom is -0.497 e. The quantitative estimate of drug-likeness (QED) is 0.513. The van der Waals surface area contributed by atoms with Crippen LogP contribution in [-0.2, 0) is 0 Å². The van der Waals surface area contributed by atoms with Gasteiger partial charge in [0, 0.05) is 11.3 Å². The molecule has 1 N–H and O–H groups in total. The van der Waals surface area contributed by atoms with Crippen molar-refractivity contribution in [2.45, 2.75) is 6.92 Å². The van der Waals surface area contributed by atoms with Crippen LogP contribution in [0.1, 0.15) is 5.56 Å². The molecule has 0 bridgehead atoms. The fourth-order valence-electron chi connectivity index (χ4n) is 2.93. The first-order valence-electron chi connectivity index (χ1n) is 8.64. The zero-order valence-electron chi connectivity index (χ0n) is 15.1. The van der Waals surface area contributed by atoms with Crippen LogP contribution < -0.4 is 10.1 Å². The van der Waals surface area contributed by atoms with Crippen molar-refractivity contribution in [1.29, 1.82) is 0 Å². The van der Waals surface area contributed by atoms with Crippen molar-refractivity contribution in [2.75, 3.05) is 12.4 Å². The van der Waals surface area contributed by atoms with E-state index in [1.54, 1.807) is 7.11 Å². The second kappa shape index (κ2) is 7.33. The van der Waals surface area contributed by atoms with E-state index >= 15 is 0 Å². The average Bonchev–Trinajstić information content (AvgIpc) is 3.18. The van der Waals surface area contributed by atoms with Crippen molar-refractivity contribution in [3.8, 4) is 28.3 Å². The summed E-state index contributed by atoms with van der Waals surface area (Å²) in [6, 6.07) is 24.3. The minimum atomic E-state index is 0.347.